The molecule has 0 aromatic carbocycles. The number of pyridine rings is 1. The van der Waals surface area contributed by atoms with E-state index < -0.39 is 0 Å². The van der Waals surface area contributed by atoms with Gasteiger partial charge in [0.25, 0.3) is 5.91 Å². The van der Waals surface area contributed by atoms with Crippen molar-refractivity contribution in [2.75, 3.05) is 32.8 Å². The van der Waals surface area contributed by atoms with E-state index >= 15 is 0 Å². The van der Waals surface area contributed by atoms with Gasteiger partial charge < -0.3 is 15.0 Å². The van der Waals surface area contributed by atoms with E-state index in [4.69, 9.17) is 4.74 Å². The van der Waals surface area contributed by atoms with Gasteiger partial charge in [-0.2, -0.15) is 0 Å². The van der Waals surface area contributed by atoms with Crippen molar-refractivity contribution in [1.29, 1.82) is 0 Å². The minimum absolute atomic E-state index is 0.0206. The summed E-state index contributed by atoms with van der Waals surface area (Å²) in [6, 6.07) is 2.00. The maximum Gasteiger partial charge on any atom is 0.258 e. The number of aromatic nitrogens is 3. The van der Waals surface area contributed by atoms with Crippen LogP contribution in [0.25, 0.3) is 11.0 Å². The third-order valence-corrected chi connectivity index (χ3v) is 5.35. The Kier molecular flexibility index (Phi) is 7.25. The number of amides is 1. The lowest BCUT2D eigenvalue weighted by Crippen LogP contribution is -2.31. The largest absolute Gasteiger partial charge is 0.466 e. The molecule has 0 radical (unpaired) electrons. The molecule has 1 fully saturated rings. The molecule has 1 amide bonds. The molecule has 0 aliphatic carbocycles. The fourth-order valence-electron chi connectivity index (χ4n) is 3.88. The molecule has 0 spiro atoms. The quantitative estimate of drug-likeness (QED) is 0.670. The third kappa shape index (κ3) is 5.44. The van der Waals surface area contributed by atoms with Crippen LogP contribution in [0.5, 0.6) is 5.88 Å². The molecule has 2 aromatic heterocycles. The number of carbonyl (C=O) groups is 1. The highest BCUT2D eigenvalue weighted by molar-refractivity contribution is 5.85. The van der Waals surface area contributed by atoms with Crippen LogP contribution in [0, 0.1) is 13.8 Å². The van der Waals surface area contributed by atoms with Crippen molar-refractivity contribution < 1.29 is 9.53 Å². The highest BCUT2D eigenvalue weighted by atomic mass is 16.5. The first kappa shape index (κ1) is 20.6. The SMILES string of the molecule is Cc1cc(C)c2c(OCC(=O)NCCCCCN3CCCCC3)nn(C)c2n1. The number of hydrogen-bond acceptors (Lipinski definition) is 5. The van der Waals surface area contributed by atoms with E-state index in [9.17, 15) is 4.79 Å². The van der Waals surface area contributed by atoms with E-state index in [2.05, 4.69) is 20.3 Å². The Labute approximate surface area is 167 Å². The molecule has 1 N–H and O–H groups in total. The normalized spacial score (nSPS) is 15.1. The molecule has 2 aromatic rings. The Balaban J connectivity index is 1.36. The number of nitrogens with zero attached hydrogens (tertiary/aromatic N) is 4. The first-order chi connectivity index (χ1) is 13.5. The second kappa shape index (κ2) is 9.87. The third-order valence-electron chi connectivity index (χ3n) is 5.35. The molecule has 1 saturated heterocycles. The summed E-state index contributed by atoms with van der Waals surface area (Å²) in [7, 11) is 1.84. The first-order valence-corrected chi connectivity index (χ1v) is 10.5. The molecule has 3 rings (SSSR count). The van der Waals surface area contributed by atoms with Crippen molar-refractivity contribution in [1.82, 2.24) is 25.0 Å². The summed E-state index contributed by atoms with van der Waals surface area (Å²) < 4.78 is 7.39. The number of nitrogens with one attached hydrogen (secondary N) is 1. The summed E-state index contributed by atoms with van der Waals surface area (Å²) in [5.74, 6) is 0.367. The van der Waals surface area contributed by atoms with Crippen molar-refractivity contribution >= 4 is 16.9 Å². The molecule has 1 aliphatic heterocycles. The van der Waals surface area contributed by atoms with Crippen molar-refractivity contribution in [2.45, 2.75) is 52.4 Å². The Morgan fingerprint density at radius 3 is 2.75 bits per heavy atom. The number of hydrogen-bond donors (Lipinski definition) is 1. The van der Waals surface area contributed by atoms with Crippen molar-refractivity contribution in [2.24, 2.45) is 7.05 Å². The topological polar surface area (TPSA) is 72.3 Å². The van der Waals surface area contributed by atoms with Crippen LogP contribution >= 0.6 is 0 Å². The van der Waals surface area contributed by atoms with Crippen LogP contribution in [-0.2, 0) is 11.8 Å². The Morgan fingerprint density at radius 2 is 1.96 bits per heavy atom. The van der Waals surface area contributed by atoms with Crippen LogP contribution in [-0.4, -0.2) is 58.4 Å². The molecule has 7 nitrogen and oxygen atoms in total. The summed E-state index contributed by atoms with van der Waals surface area (Å²) >= 11 is 0. The number of rotatable bonds is 9. The van der Waals surface area contributed by atoms with Gasteiger partial charge in [0.15, 0.2) is 12.3 Å². The van der Waals surface area contributed by atoms with Crippen LogP contribution in [0.2, 0.25) is 0 Å². The summed E-state index contributed by atoms with van der Waals surface area (Å²) in [4.78, 5) is 19.2. The number of likely N-dealkylation sites (tertiary alicyclic amines) is 1. The Hall–Kier alpha value is -2.15. The Morgan fingerprint density at radius 1 is 1.18 bits per heavy atom. The molecule has 0 atom stereocenters. The van der Waals surface area contributed by atoms with Crippen LogP contribution in [0.1, 0.15) is 49.8 Å². The average Bonchev–Trinajstić information content (AvgIpc) is 2.99. The van der Waals surface area contributed by atoms with E-state index in [1.165, 1.54) is 45.3 Å². The lowest BCUT2D eigenvalue weighted by molar-refractivity contribution is -0.123. The van der Waals surface area contributed by atoms with E-state index in [0.717, 1.165) is 35.1 Å². The molecule has 0 saturated carbocycles. The minimum atomic E-state index is -0.104. The zero-order valence-corrected chi connectivity index (χ0v) is 17.5. The maximum absolute atomic E-state index is 12.1. The number of carbonyl (C=O) groups excluding carboxylic acids is 1. The van der Waals surface area contributed by atoms with Gasteiger partial charge in [0.2, 0.25) is 5.88 Å². The van der Waals surface area contributed by atoms with E-state index in [-0.39, 0.29) is 12.5 Å². The zero-order valence-electron chi connectivity index (χ0n) is 17.5. The number of ether oxygens (including phenoxy) is 1. The highest BCUT2D eigenvalue weighted by Gasteiger charge is 2.15. The van der Waals surface area contributed by atoms with Gasteiger partial charge in [0.05, 0.1) is 5.39 Å². The van der Waals surface area contributed by atoms with Crippen LogP contribution < -0.4 is 10.1 Å². The summed E-state index contributed by atoms with van der Waals surface area (Å²) in [6.07, 6.45) is 7.43. The highest BCUT2D eigenvalue weighted by Crippen LogP contribution is 2.26. The van der Waals surface area contributed by atoms with Gasteiger partial charge in [-0.15, -0.1) is 5.10 Å². The van der Waals surface area contributed by atoms with Crippen LogP contribution in [0.4, 0.5) is 0 Å². The fourth-order valence-corrected chi connectivity index (χ4v) is 3.88. The summed E-state index contributed by atoms with van der Waals surface area (Å²) in [6.45, 7) is 8.35. The monoisotopic (exact) mass is 387 g/mol. The molecular weight excluding hydrogens is 354 g/mol. The maximum atomic E-state index is 12.1. The lowest BCUT2D eigenvalue weighted by atomic mass is 10.1. The lowest BCUT2D eigenvalue weighted by Gasteiger charge is -2.26. The van der Waals surface area contributed by atoms with E-state index in [1.807, 2.05) is 27.0 Å². The van der Waals surface area contributed by atoms with Gasteiger partial charge >= 0.3 is 0 Å². The van der Waals surface area contributed by atoms with Crippen molar-refractivity contribution in [3.8, 4) is 5.88 Å². The molecular formula is C21H33N5O2. The van der Waals surface area contributed by atoms with Gasteiger partial charge in [-0.3, -0.25) is 4.79 Å². The zero-order chi connectivity index (χ0) is 19.9. The molecule has 0 unspecified atom stereocenters. The van der Waals surface area contributed by atoms with Gasteiger partial charge in [-0.25, -0.2) is 9.67 Å². The van der Waals surface area contributed by atoms with E-state index in [0.29, 0.717) is 12.4 Å². The van der Waals surface area contributed by atoms with Crippen LogP contribution in [0.3, 0.4) is 0 Å². The smallest absolute Gasteiger partial charge is 0.258 e. The summed E-state index contributed by atoms with van der Waals surface area (Å²) in [5.41, 5.74) is 2.78. The number of unbranched alkanes of at least 4 members (excludes halogenated alkanes) is 2. The molecule has 154 valence electrons. The summed E-state index contributed by atoms with van der Waals surface area (Å²) in [5, 5.41) is 8.19. The van der Waals surface area contributed by atoms with Gasteiger partial charge in [-0.1, -0.05) is 12.8 Å². The average molecular weight is 388 g/mol. The number of aryl methyl sites for hydroxylation is 3. The minimum Gasteiger partial charge on any atom is -0.466 e. The number of piperidine rings is 1. The fraction of sp³-hybridized carbons (Fsp3) is 0.667. The second-order valence-electron chi connectivity index (χ2n) is 7.81. The van der Waals surface area contributed by atoms with Crippen molar-refractivity contribution in [3.63, 3.8) is 0 Å². The molecule has 3 heterocycles. The molecule has 28 heavy (non-hydrogen) atoms. The van der Waals surface area contributed by atoms with Crippen LogP contribution in [0.15, 0.2) is 6.07 Å². The second-order valence-corrected chi connectivity index (χ2v) is 7.81. The van der Waals surface area contributed by atoms with Gasteiger partial charge in [0, 0.05) is 19.3 Å². The Bertz CT molecular complexity index is 796. The molecule has 1 aliphatic rings. The van der Waals surface area contributed by atoms with Gasteiger partial charge in [0.1, 0.15) is 0 Å². The molecule has 7 heteroatoms. The predicted molar refractivity (Wildman–Crippen MR) is 111 cm³/mol. The first-order valence-electron chi connectivity index (χ1n) is 10.5. The van der Waals surface area contributed by atoms with E-state index in [1.54, 1.807) is 4.68 Å². The standard InChI is InChI=1S/C21H33N5O2/c1-16-14-17(2)23-20-19(16)21(24-25(20)3)28-15-18(27)22-10-6-4-7-11-26-12-8-5-9-13-26/h14H,4-13,15H2,1-3H3,(H,22,27). The van der Waals surface area contributed by atoms with Gasteiger partial charge in [-0.05, 0) is 70.8 Å². The number of fused-ring (bicyclic) bond motifs is 1. The predicted octanol–water partition coefficient (Wildman–Crippen LogP) is 2.74. The van der Waals surface area contributed by atoms with Crippen molar-refractivity contribution in [3.05, 3.63) is 17.3 Å². The molecule has 0 bridgehead atoms.